The second-order valence-electron chi connectivity index (χ2n) is 3.45. The van der Waals surface area contributed by atoms with Crippen LogP contribution in [-0.4, -0.2) is 17.4 Å². The van der Waals surface area contributed by atoms with E-state index in [1.54, 1.807) is 0 Å². The normalized spacial score (nSPS) is 17.1. The summed E-state index contributed by atoms with van der Waals surface area (Å²) >= 11 is 5.73. The molecule has 1 N–H and O–H groups in total. The van der Waals surface area contributed by atoms with E-state index in [1.165, 1.54) is 0 Å². The maximum Gasteiger partial charge on any atom is 0.122 e. The fraction of sp³-hybridized carbons (Fsp3) is 0.364. The van der Waals surface area contributed by atoms with Gasteiger partial charge in [-0.05, 0) is 11.1 Å². The highest BCUT2D eigenvalue weighted by molar-refractivity contribution is 6.17. The smallest absolute Gasteiger partial charge is 0.122 e. The third-order valence-electron chi connectivity index (χ3n) is 2.37. The summed E-state index contributed by atoms with van der Waals surface area (Å²) in [4.78, 5) is 4.86. The van der Waals surface area contributed by atoms with Crippen molar-refractivity contribution >= 4 is 17.3 Å². The van der Waals surface area contributed by atoms with E-state index in [2.05, 4.69) is 5.16 Å². The highest BCUT2D eigenvalue weighted by Gasteiger charge is 2.19. The number of aliphatic hydroxyl groups excluding tert-OH is 1. The molecule has 0 radical (unpaired) electrons. The first-order chi connectivity index (χ1) is 7.31. The predicted molar refractivity (Wildman–Crippen MR) is 59.0 cm³/mol. The molecule has 80 valence electrons. The Labute approximate surface area is 93.3 Å². The number of oxime groups is 1. The zero-order valence-corrected chi connectivity index (χ0v) is 8.94. The Morgan fingerprint density at radius 3 is 3.07 bits per heavy atom. The minimum atomic E-state index is -0.671. The molecule has 1 heterocycles. The zero-order valence-electron chi connectivity index (χ0n) is 8.19. The average Bonchev–Trinajstić information content (AvgIpc) is 2.81. The molecule has 0 aromatic heterocycles. The minimum Gasteiger partial charge on any atom is -0.395 e. The molecule has 3 nitrogen and oxygen atoms in total. The van der Waals surface area contributed by atoms with Gasteiger partial charge in [-0.2, -0.15) is 0 Å². The van der Waals surface area contributed by atoms with Crippen LogP contribution < -0.4 is 0 Å². The van der Waals surface area contributed by atoms with Gasteiger partial charge in [-0.15, -0.1) is 11.6 Å². The van der Waals surface area contributed by atoms with E-state index >= 15 is 0 Å². The summed E-state index contributed by atoms with van der Waals surface area (Å²) < 4.78 is 0. The number of alkyl halides is 1. The topological polar surface area (TPSA) is 41.8 Å². The van der Waals surface area contributed by atoms with Crippen molar-refractivity contribution in [1.29, 1.82) is 0 Å². The number of hydrogen-bond donors (Lipinski definition) is 1. The number of nitrogens with zero attached hydrogens (tertiary/aromatic N) is 1. The Morgan fingerprint density at radius 2 is 2.40 bits per heavy atom. The summed E-state index contributed by atoms with van der Waals surface area (Å²) in [5.41, 5.74) is 2.49. The van der Waals surface area contributed by atoms with Crippen LogP contribution in [0.3, 0.4) is 0 Å². The van der Waals surface area contributed by atoms with Gasteiger partial charge in [-0.3, -0.25) is 0 Å². The van der Waals surface area contributed by atoms with Crippen molar-refractivity contribution in [3.05, 3.63) is 35.4 Å². The van der Waals surface area contributed by atoms with Crippen LogP contribution in [0.5, 0.6) is 0 Å². The Morgan fingerprint density at radius 1 is 1.53 bits per heavy atom. The quantitative estimate of drug-likeness (QED) is 0.802. The van der Waals surface area contributed by atoms with Crippen LogP contribution in [0.2, 0.25) is 0 Å². The van der Waals surface area contributed by atoms with E-state index in [0.717, 1.165) is 11.1 Å². The summed E-state index contributed by atoms with van der Waals surface area (Å²) in [6.45, 7) is 0.557. The van der Waals surface area contributed by atoms with E-state index in [0.29, 0.717) is 24.6 Å². The maximum atomic E-state index is 9.99. The number of benzene rings is 1. The van der Waals surface area contributed by atoms with Crippen molar-refractivity contribution in [2.45, 2.75) is 18.4 Å². The molecule has 1 aliphatic heterocycles. The lowest BCUT2D eigenvalue weighted by molar-refractivity contribution is 0.172. The Hall–Kier alpha value is -1.06. The SMILES string of the molecule is OC(C1=NOCC1)c1cccc(CCl)c1. The second-order valence-corrected chi connectivity index (χ2v) is 3.71. The molecule has 2 rings (SSSR count). The van der Waals surface area contributed by atoms with Crippen molar-refractivity contribution in [2.75, 3.05) is 6.61 Å². The molecule has 0 amide bonds. The largest absolute Gasteiger partial charge is 0.395 e. The lowest BCUT2D eigenvalue weighted by Crippen LogP contribution is -2.10. The zero-order chi connectivity index (χ0) is 10.7. The second kappa shape index (κ2) is 4.64. The molecule has 1 aromatic rings. The van der Waals surface area contributed by atoms with Crippen molar-refractivity contribution in [1.82, 2.24) is 0 Å². The fourth-order valence-electron chi connectivity index (χ4n) is 1.55. The van der Waals surface area contributed by atoms with Crippen LogP contribution in [0.4, 0.5) is 0 Å². The van der Waals surface area contributed by atoms with Crippen molar-refractivity contribution in [3.63, 3.8) is 0 Å². The molecule has 0 saturated heterocycles. The van der Waals surface area contributed by atoms with E-state index in [9.17, 15) is 5.11 Å². The van der Waals surface area contributed by atoms with E-state index in [1.807, 2.05) is 24.3 Å². The molecule has 0 saturated carbocycles. The number of rotatable bonds is 3. The lowest BCUT2D eigenvalue weighted by Gasteiger charge is -2.10. The van der Waals surface area contributed by atoms with Crippen LogP contribution in [-0.2, 0) is 10.7 Å². The molecule has 4 heteroatoms. The Bertz CT molecular complexity index is 379. The molecule has 0 spiro atoms. The van der Waals surface area contributed by atoms with Crippen molar-refractivity contribution < 1.29 is 9.94 Å². The van der Waals surface area contributed by atoms with Gasteiger partial charge >= 0.3 is 0 Å². The monoisotopic (exact) mass is 225 g/mol. The Kier molecular flexibility index (Phi) is 3.23. The van der Waals surface area contributed by atoms with Gasteiger partial charge in [-0.1, -0.05) is 29.4 Å². The van der Waals surface area contributed by atoms with Crippen LogP contribution >= 0.6 is 11.6 Å². The van der Waals surface area contributed by atoms with Gasteiger partial charge in [0.2, 0.25) is 0 Å². The van der Waals surface area contributed by atoms with E-state index in [-0.39, 0.29) is 0 Å². The summed E-state index contributed by atoms with van der Waals surface area (Å²) in [6, 6.07) is 7.56. The van der Waals surface area contributed by atoms with E-state index in [4.69, 9.17) is 16.4 Å². The average molecular weight is 226 g/mol. The number of hydrogen-bond acceptors (Lipinski definition) is 3. The van der Waals surface area contributed by atoms with Crippen LogP contribution in [0.15, 0.2) is 29.4 Å². The molecule has 1 unspecified atom stereocenters. The predicted octanol–water partition coefficient (Wildman–Crippen LogP) is 2.24. The van der Waals surface area contributed by atoms with Crippen molar-refractivity contribution in [3.8, 4) is 0 Å². The maximum absolute atomic E-state index is 9.99. The third kappa shape index (κ3) is 2.30. The summed E-state index contributed by atoms with van der Waals surface area (Å²) in [7, 11) is 0. The molecule has 0 aliphatic carbocycles. The van der Waals surface area contributed by atoms with Crippen LogP contribution in [0.25, 0.3) is 0 Å². The van der Waals surface area contributed by atoms with Crippen LogP contribution in [0.1, 0.15) is 23.7 Å². The first kappa shape index (κ1) is 10.5. The molecule has 0 fully saturated rings. The van der Waals surface area contributed by atoms with E-state index < -0.39 is 6.10 Å². The number of aliphatic hydroxyl groups is 1. The molecular weight excluding hydrogens is 214 g/mol. The van der Waals surface area contributed by atoms with Gasteiger partial charge in [0, 0.05) is 12.3 Å². The third-order valence-corrected chi connectivity index (χ3v) is 2.68. The Balaban J connectivity index is 2.20. The van der Waals surface area contributed by atoms with Crippen molar-refractivity contribution in [2.24, 2.45) is 5.16 Å². The molecule has 1 atom stereocenters. The lowest BCUT2D eigenvalue weighted by atomic mass is 10.0. The molecule has 1 aliphatic rings. The minimum absolute atomic E-state index is 0.448. The standard InChI is InChI=1S/C11H12ClNO2/c12-7-8-2-1-3-9(6-8)11(14)10-4-5-15-13-10/h1-3,6,11,14H,4-5,7H2. The molecule has 15 heavy (non-hydrogen) atoms. The van der Waals surface area contributed by atoms with Crippen LogP contribution in [0, 0.1) is 0 Å². The first-order valence-electron chi connectivity index (χ1n) is 4.83. The van der Waals surface area contributed by atoms with Gasteiger partial charge in [-0.25, -0.2) is 0 Å². The molecular formula is C11H12ClNO2. The van der Waals surface area contributed by atoms with Gasteiger partial charge in [0.25, 0.3) is 0 Å². The highest BCUT2D eigenvalue weighted by Crippen LogP contribution is 2.21. The van der Waals surface area contributed by atoms with Gasteiger partial charge in [0.1, 0.15) is 12.7 Å². The fourth-order valence-corrected chi connectivity index (χ4v) is 1.72. The first-order valence-corrected chi connectivity index (χ1v) is 5.36. The summed E-state index contributed by atoms with van der Waals surface area (Å²) in [5.74, 6) is 0.448. The van der Waals surface area contributed by atoms with Gasteiger partial charge in [0.05, 0.1) is 5.71 Å². The van der Waals surface area contributed by atoms with Gasteiger partial charge < -0.3 is 9.94 Å². The number of halogens is 1. The molecule has 1 aromatic carbocycles. The summed E-state index contributed by atoms with van der Waals surface area (Å²) in [5, 5.41) is 13.8. The summed E-state index contributed by atoms with van der Waals surface area (Å²) in [6.07, 6.45) is 0.0161. The van der Waals surface area contributed by atoms with Gasteiger partial charge in [0.15, 0.2) is 0 Å². The highest BCUT2D eigenvalue weighted by atomic mass is 35.5. The molecule has 0 bridgehead atoms.